The van der Waals surface area contributed by atoms with Gasteiger partial charge in [0.25, 0.3) is 0 Å². The van der Waals surface area contributed by atoms with E-state index in [1.165, 1.54) is 11.3 Å². The van der Waals surface area contributed by atoms with Crippen molar-refractivity contribution in [2.45, 2.75) is 31.9 Å². The average Bonchev–Trinajstić information content (AvgIpc) is 3.12. The Morgan fingerprint density at radius 2 is 2.00 bits per heavy atom. The van der Waals surface area contributed by atoms with E-state index in [2.05, 4.69) is 41.0 Å². The zero-order valence-corrected chi connectivity index (χ0v) is 16.2. The highest BCUT2D eigenvalue weighted by molar-refractivity contribution is 5.79. The fourth-order valence-corrected chi connectivity index (χ4v) is 4.78. The number of morpholine rings is 1. The van der Waals surface area contributed by atoms with Crippen molar-refractivity contribution in [3.8, 4) is 0 Å². The molecule has 2 heterocycles. The average molecular weight is 373 g/mol. The van der Waals surface area contributed by atoms with Gasteiger partial charge < -0.3 is 19.6 Å². The normalized spacial score (nSPS) is 29.0. The van der Waals surface area contributed by atoms with Crippen molar-refractivity contribution in [2.75, 3.05) is 57.4 Å². The van der Waals surface area contributed by atoms with Crippen molar-refractivity contribution in [3.63, 3.8) is 0 Å². The maximum Gasteiger partial charge on any atom is 0.237 e. The Morgan fingerprint density at radius 1 is 1.19 bits per heavy atom. The molecule has 0 bridgehead atoms. The second-order valence-electron chi connectivity index (χ2n) is 8.19. The van der Waals surface area contributed by atoms with Crippen LogP contribution in [0.25, 0.3) is 0 Å². The lowest BCUT2D eigenvalue weighted by molar-refractivity contribution is -0.145. The van der Waals surface area contributed by atoms with Gasteiger partial charge in [0, 0.05) is 45.0 Å². The second-order valence-corrected chi connectivity index (χ2v) is 8.19. The van der Waals surface area contributed by atoms with Crippen LogP contribution in [0.5, 0.6) is 0 Å². The summed E-state index contributed by atoms with van der Waals surface area (Å²) in [5.41, 5.74) is 2.56. The van der Waals surface area contributed by atoms with Crippen molar-refractivity contribution < 1.29 is 14.6 Å². The first-order valence-corrected chi connectivity index (χ1v) is 10.2. The standard InChI is InChI=1S/C21H31N3O3/c1-16-3-2-4-18(11-16)23-7-5-22(6-8-23)14-21(26)24-9-10-27-20-13-17(15-25)12-19(20)24/h2-4,11,17,19-20,25H,5-10,12-15H2,1H3/t17-,19+,20+/m1/s1. The third kappa shape index (κ3) is 4.13. The quantitative estimate of drug-likeness (QED) is 0.857. The Morgan fingerprint density at radius 3 is 2.74 bits per heavy atom. The number of carbonyl (C=O) groups excluding carboxylic acids is 1. The number of piperazine rings is 1. The van der Waals surface area contributed by atoms with Gasteiger partial charge in [-0.2, -0.15) is 0 Å². The van der Waals surface area contributed by atoms with E-state index in [0.29, 0.717) is 19.7 Å². The van der Waals surface area contributed by atoms with Crippen LogP contribution in [0.15, 0.2) is 24.3 Å². The number of hydrogen-bond donors (Lipinski definition) is 1. The van der Waals surface area contributed by atoms with Gasteiger partial charge in [-0.1, -0.05) is 12.1 Å². The fraction of sp³-hybridized carbons (Fsp3) is 0.667. The van der Waals surface area contributed by atoms with E-state index in [4.69, 9.17) is 4.74 Å². The Bertz CT molecular complexity index is 660. The van der Waals surface area contributed by atoms with E-state index in [9.17, 15) is 9.90 Å². The van der Waals surface area contributed by atoms with Crippen LogP contribution >= 0.6 is 0 Å². The lowest BCUT2D eigenvalue weighted by Crippen LogP contribution is -2.55. The number of aryl methyl sites for hydroxylation is 1. The summed E-state index contributed by atoms with van der Waals surface area (Å²) in [5, 5.41) is 9.46. The summed E-state index contributed by atoms with van der Waals surface area (Å²) in [6, 6.07) is 8.78. The largest absolute Gasteiger partial charge is 0.396 e. The molecule has 0 aromatic heterocycles. The summed E-state index contributed by atoms with van der Waals surface area (Å²) >= 11 is 0. The third-order valence-corrected chi connectivity index (χ3v) is 6.31. The Labute approximate surface area is 161 Å². The summed E-state index contributed by atoms with van der Waals surface area (Å²) in [4.78, 5) is 19.7. The molecule has 3 aliphatic rings. The first kappa shape index (κ1) is 18.7. The molecule has 148 valence electrons. The highest BCUT2D eigenvalue weighted by atomic mass is 16.5. The van der Waals surface area contributed by atoms with Gasteiger partial charge in [-0.25, -0.2) is 0 Å². The Balaban J connectivity index is 1.30. The number of fused-ring (bicyclic) bond motifs is 1. The number of ether oxygens (including phenoxy) is 1. The number of carbonyl (C=O) groups is 1. The molecule has 6 nitrogen and oxygen atoms in total. The van der Waals surface area contributed by atoms with Crippen LogP contribution in [0.4, 0.5) is 5.69 Å². The number of aliphatic hydroxyl groups excluding tert-OH is 1. The molecule has 1 amide bonds. The van der Waals surface area contributed by atoms with Crippen molar-refractivity contribution >= 4 is 11.6 Å². The molecule has 0 spiro atoms. The molecule has 6 heteroatoms. The Hall–Kier alpha value is -1.63. The summed E-state index contributed by atoms with van der Waals surface area (Å²) in [6.07, 6.45) is 1.85. The van der Waals surface area contributed by atoms with Gasteiger partial charge in [-0.15, -0.1) is 0 Å². The summed E-state index contributed by atoms with van der Waals surface area (Å²) in [6.45, 7) is 7.85. The van der Waals surface area contributed by atoms with Crippen LogP contribution in [0.3, 0.4) is 0 Å². The van der Waals surface area contributed by atoms with Gasteiger partial charge in [0.2, 0.25) is 5.91 Å². The lowest BCUT2D eigenvalue weighted by Gasteiger charge is -2.40. The minimum atomic E-state index is 0.109. The summed E-state index contributed by atoms with van der Waals surface area (Å²) in [7, 11) is 0. The zero-order valence-electron chi connectivity index (χ0n) is 16.2. The number of nitrogens with zero attached hydrogens (tertiary/aromatic N) is 3. The molecule has 0 unspecified atom stereocenters. The smallest absolute Gasteiger partial charge is 0.237 e. The van der Waals surface area contributed by atoms with Crippen LogP contribution in [-0.4, -0.2) is 85.4 Å². The molecule has 1 aromatic carbocycles. The molecule has 1 N–H and O–H groups in total. The molecule has 1 saturated carbocycles. The maximum absolute atomic E-state index is 13.0. The van der Waals surface area contributed by atoms with E-state index < -0.39 is 0 Å². The van der Waals surface area contributed by atoms with Gasteiger partial charge in [0.15, 0.2) is 0 Å². The van der Waals surface area contributed by atoms with Crippen molar-refractivity contribution in [2.24, 2.45) is 5.92 Å². The minimum Gasteiger partial charge on any atom is -0.396 e. The van der Waals surface area contributed by atoms with Crippen molar-refractivity contribution in [1.29, 1.82) is 0 Å². The van der Waals surface area contributed by atoms with Crippen LogP contribution < -0.4 is 4.90 Å². The van der Waals surface area contributed by atoms with E-state index >= 15 is 0 Å². The highest BCUT2D eigenvalue weighted by Crippen LogP contribution is 2.34. The van der Waals surface area contributed by atoms with Crippen molar-refractivity contribution in [3.05, 3.63) is 29.8 Å². The van der Waals surface area contributed by atoms with E-state index in [-0.39, 0.29) is 30.6 Å². The molecule has 2 aliphatic heterocycles. The van der Waals surface area contributed by atoms with Crippen molar-refractivity contribution in [1.82, 2.24) is 9.80 Å². The number of anilines is 1. The SMILES string of the molecule is Cc1cccc(N2CCN(CC(=O)N3CCO[C@H]4C[C@H](CO)C[C@@H]43)CC2)c1. The molecule has 2 saturated heterocycles. The number of amides is 1. The predicted molar refractivity (Wildman–Crippen MR) is 105 cm³/mol. The zero-order chi connectivity index (χ0) is 18.8. The summed E-state index contributed by atoms with van der Waals surface area (Å²) in [5.74, 6) is 0.488. The number of hydrogen-bond acceptors (Lipinski definition) is 5. The second kappa shape index (κ2) is 8.17. The van der Waals surface area contributed by atoms with Crippen LogP contribution in [-0.2, 0) is 9.53 Å². The highest BCUT2D eigenvalue weighted by Gasteiger charge is 2.42. The van der Waals surface area contributed by atoms with E-state index in [1.54, 1.807) is 0 Å². The molecule has 3 atom stereocenters. The van der Waals surface area contributed by atoms with Gasteiger partial charge in [-0.3, -0.25) is 9.69 Å². The molecule has 27 heavy (non-hydrogen) atoms. The molecule has 1 aromatic rings. The molecule has 4 rings (SSSR count). The monoisotopic (exact) mass is 373 g/mol. The lowest BCUT2D eigenvalue weighted by atomic mass is 10.1. The minimum absolute atomic E-state index is 0.109. The molecular formula is C21H31N3O3. The van der Waals surface area contributed by atoms with Crippen LogP contribution in [0, 0.1) is 12.8 Å². The molecule has 1 aliphatic carbocycles. The van der Waals surface area contributed by atoms with Gasteiger partial charge in [-0.05, 0) is 43.4 Å². The predicted octanol–water partition coefficient (Wildman–Crippen LogP) is 1.12. The first-order valence-electron chi connectivity index (χ1n) is 10.2. The summed E-state index contributed by atoms with van der Waals surface area (Å²) < 4.78 is 5.85. The number of aliphatic hydroxyl groups is 1. The topological polar surface area (TPSA) is 56.2 Å². The number of rotatable bonds is 4. The van der Waals surface area contributed by atoms with E-state index in [1.807, 2.05) is 4.90 Å². The van der Waals surface area contributed by atoms with Crippen LogP contribution in [0.2, 0.25) is 0 Å². The van der Waals surface area contributed by atoms with Gasteiger partial charge in [0.1, 0.15) is 0 Å². The van der Waals surface area contributed by atoms with E-state index in [0.717, 1.165) is 39.0 Å². The molecule has 3 fully saturated rings. The van der Waals surface area contributed by atoms with Gasteiger partial charge >= 0.3 is 0 Å². The third-order valence-electron chi connectivity index (χ3n) is 6.31. The Kier molecular flexibility index (Phi) is 5.66. The molecular weight excluding hydrogens is 342 g/mol. The number of benzene rings is 1. The van der Waals surface area contributed by atoms with Gasteiger partial charge in [0.05, 0.1) is 25.3 Å². The fourth-order valence-electron chi connectivity index (χ4n) is 4.78. The molecule has 0 radical (unpaired) electrons. The maximum atomic E-state index is 13.0. The van der Waals surface area contributed by atoms with Crippen LogP contribution in [0.1, 0.15) is 18.4 Å². The first-order chi connectivity index (χ1) is 13.1.